The average molecular weight is 351 g/mol. The lowest BCUT2D eigenvalue weighted by Crippen LogP contribution is -2.29. The van der Waals surface area contributed by atoms with Gasteiger partial charge in [0.2, 0.25) is 5.95 Å². The van der Waals surface area contributed by atoms with Crippen molar-refractivity contribution in [2.24, 2.45) is 0 Å². The molecular formula is C19H18FN5O. The van der Waals surface area contributed by atoms with Crippen molar-refractivity contribution < 1.29 is 9.18 Å². The number of para-hydroxylation sites is 1. The van der Waals surface area contributed by atoms with E-state index in [4.69, 9.17) is 0 Å². The fourth-order valence-corrected chi connectivity index (χ4v) is 2.35. The first-order chi connectivity index (χ1) is 12.6. The predicted octanol–water partition coefficient (Wildman–Crippen LogP) is 3.07. The number of nitrogens with one attached hydrogen (secondary N) is 1. The third-order valence-electron chi connectivity index (χ3n) is 3.85. The van der Waals surface area contributed by atoms with E-state index in [1.807, 2.05) is 12.1 Å². The molecule has 0 aliphatic carbocycles. The highest BCUT2D eigenvalue weighted by Gasteiger charge is 2.13. The number of pyridine rings is 1. The fourth-order valence-electron chi connectivity index (χ4n) is 2.35. The third-order valence-corrected chi connectivity index (χ3v) is 3.85. The van der Waals surface area contributed by atoms with Gasteiger partial charge in [0.15, 0.2) is 0 Å². The summed E-state index contributed by atoms with van der Waals surface area (Å²) in [4.78, 5) is 26.2. The smallest absolute Gasteiger partial charge is 0.256 e. The normalized spacial score (nSPS) is 10.4. The van der Waals surface area contributed by atoms with Crippen LogP contribution in [0.3, 0.4) is 0 Å². The van der Waals surface area contributed by atoms with Gasteiger partial charge < -0.3 is 10.2 Å². The first kappa shape index (κ1) is 17.5. The quantitative estimate of drug-likeness (QED) is 0.739. The van der Waals surface area contributed by atoms with Crippen LogP contribution < -0.4 is 5.32 Å². The maximum absolute atomic E-state index is 13.6. The lowest BCUT2D eigenvalue weighted by Gasteiger charge is -2.17. The van der Waals surface area contributed by atoms with Crippen LogP contribution in [0.25, 0.3) is 0 Å². The van der Waals surface area contributed by atoms with Gasteiger partial charge in [-0.25, -0.2) is 14.4 Å². The topological polar surface area (TPSA) is 71.0 Å². The van der Waals surface area contributed by atoms with Crippen molar-refractivity contribution >= 4 is 17.5 Å². The monoisotopic (exact) mass is 351 g/mol. The molecule has 0 fully saturated rings. The zero-order valence-corrected chi connectivity index (χ0v) is 14.3. The highest BCUT2D eigenvalue weighted by Crippen LogP contribution is 2.16. The number of hydrogen-bond donors (Lipinski definition) is 1. The van der Waals surface area contributed by atoms with Crippen LogP contribution >= 0.6 is 0 Å². The number of likely N-dealkylation sites (N-methyl/N-ethyl adjacent to an activating group) is 1. The van der Waals surface area contributed by atoms with E-state index in [1.165, 1.54) is 18.5 Å². The first-order valence-corrected chi connectivity index (χ1v) is 8.11. The van der Waals surface area contributed by atoms with Crippen molar-refractivity contribution in [3.63, 3.8) is 0 Å². The largest absolute Gasteiger partial charge is 0.341 e. The van der Waals surface area contributed by atoms with Gasteiger partial charge in [-0.1, -0.05) is 12.1 Å². The minimum absolute atomic E-state index is 0.170. The summed E-state index contributed by atoms with van der Waals surface area (Å²) in [6.45, 7) is 0.568. The van der Waals surface area contributed by atoms with Gasteiger partial charge in [-0.3, -0.25) is 9.78 Å². The summed E-state index contributed by atoms with van der Waals surface area (Å²) >= 11 is 0. The Morgan fingerprint density at radius 3 is 2.50 bits per heavy atom. The number of halogens is 1. The standard InChI is InChI=1S/C19H18FN5O/c1-25(11-8-14-6-9-21-10-7-14)18(26)15-12-22-19(23-13-15)24-17-5-3-2-4-16(17)20/h2-7,9-10,12-13H,8,11H2,1H3,(H,22,23,24). The van der Waals surface area contributed by atoms with Gasteiger partial charge in [-0.2, -0.15) is 0 Å². The van der Waals surface area contributed by atoms with E-state index >= 15 is 0 Å². The minimum atomic E-state index is -0.396. The Morgan fingerprint density at radius 1 is 1.12 bits per heavy atom. The summed E-state index contributed by atoms with van der Waals surface area (Å²) < 4.78 is 13.6. The number of anilines is 2. The predicted molar refractivity (Wildman–Crippen MR) is 96.6 cm³/mol. The summed E-state index contributed by atoms with van der Waals surface area (Å²) in [5.41, 5.74) is 1.77. The van der Waals surface area contributed by atoms with Gasteiger partial charge in [0, 0.05) is 38.4 Å². The second-order valence-electron chi connectivity index (χ2n) is 5.73. The van der Waals surface area contributed by atoms with Gasteiger partial charge in [-0.05, 0) is 36.2 Å². The zero-order chi connectivity index (χ0) is 18.4. The molecule has 7 heteroatoms. The molecule has 3 aromatic rings. The van der Waals surface area contributed by atoms with Crippen molar-refractivity contribution in [1.82, 2.24) is 19.9 Å². The number of benzene rings is 1. The van der Waals surface area contributed by atoms with Crippen molar-refractivity contribution in [2.45, 2.75) is 6.42 Å². The minimum Gasteiger partial charge on any atom is -0.341 e. The van der Waals surface area contributed by atoms with Crippen molar-refractivity contribution in [3.05, 3.63) is 78.1 Å². The maximum atomic E-state index is 13.6. The molecule has 0 radical (unpaired) electrons. The van der Waals surface area contributed by atoms with Gasteiger partial charge in [-0.15, -0.1) is 0 Å². The summed E-state index contributed by atoms with van der Waals surface area (Å²) in [7, 11) is 1.73. The van der Waals surface area contributed by atoms with Crippen LogP contribution in [0.2, 0.25) is 0 Å². The van der Waals surface area contributed by atoms with Crippen LogP contribution in [-0.2, 0) is 6.42 Å². The number of carbonyl (C=O) groups is 1. The molecule has 0 aliphatic rings. The Labute approximate surface area is 150 Å². The number of nitrogens with zero attached hydrogens (tertiary/aromatic N) is 4. The summed E-state index contributed by atoms with van der Waals surface area (Å²) in [5.74, 6) is -0.338. The van der Waals surface area contributed by atoms with E-state index in [0.29, 0.717) is 12.1 Å². The van der Waals surface area contributed by atoms with Crippen LogP contribution in [-0.4, -0.2) is 39.4 Å². The van der Waals surface area contributed by atoms with Crippen molar-refractivity contribution in [2.75, 3.05) is 18.9 Å². The Morgan fingerprint density at radius 2 is 1.81 bits per heavy atom. The van der Waals surface area contributed by atoms with E-state index in [1.54, 1.807) is 42.5 Å². The molecule has 0 saturated heterocycles. The molecule has 132 valence electrons. The highest BCUT2D eigenvalue weighted by atomic mass is 19.1. The van der Waals surface area contributed by atoms with E-state index < -0.39 is 5.82 Å². The van der Waals surface area contributed by atoms with Crippen LogP contribution in [0.1, 0.15) is 15.9 Å². The summed E-state index contributed by atoms with van der Waals surface area (Å²) in [6.07, 6.45) is 7.06. The Balaban J connectivity index is 1.60. The van der Waals surface area contributed by atoms with Gasteiger partial charge in [0.05, 0.1) is 11.3 Å². The molecule has 0 atom stereocenters. The van der Waals surface area contributed by atoms with E-state index in [9.17, 15) is 9.18 Å². The molecule has 26 heavy (non-hydrogen) atoms. The molecule has 6 nitrogen and oxygen atoms in total. The van der Waals surface area contributed by atoms with Crippen LogP contribution in [0, 0.1) is 5.82 Å². The van der Waals surface area contributed by atoms with E-state index in [-0.39, 0.29) is 17.5 Å². The van der Waals surface area contributed by atoms with Gasteiger partial charge >= 0.3 is 0 Å². The number of carbonyl (C=O) groups excluding carboxylic acids is 1. The van der Waals surface area contributed by atoms with Gasteiger partial charge in [0.25, 0.3) is 5.91 Å². The Kier molecular flexibility index (Phi) is 5.48. The third kappa shape index (κ3) is 4.38. The van der Waals surface area contributed by atoms with Crippen molar-refractivity contribution in [1.29, 1.82) is 0 Å². The fraction of sp³-hybridized carbons (Fsp3) is 0.158. The second kappa shape index (κ2) is 8.15. The SMILES string of the molecule is CN(CCc1ccncc1)C(=O)c1cnc(Nc2ccccc2F)nc1. The maximum Gasteiger partial charge on any atom is 0.256 e. The van der Waals surface area contributed by atoms with Crippen LogP contribution in [0.5, 0.6) is 0 Å². The molecule has 2 aromatic heterocycles. The molecule has 1 amide bonds. The summed E-state index contributed by atoms with van der Waals surface area (Å²) in [6, 6.07) is 10.1. The highest BCUT2D eigenvalue weighted by molar-refractivity contribution is 5.93. The lowest BCUT2D eigenvalue weighted by atomic mass is 10.2. The number of rotatable bonds is 6. The van der Waals surface area contributed by atoms with Crippen LogP contribution in [0.4, 0.5) is 16.0 Å². The van der Waals surface area contributed by atoms with E-state index in [2.05, 4.69) is 20.3 Å². The number of amides is 1. The van der Waals surface area contributed by atoms with Gasteiger partial charge in [0.1, 0.15) is 5.82 Å². The Bertz CT molecular complexity index is 871. The molecule has 0 saturated carbocycles. The molecule has 0 bridgehead atoms. The zero-order valence-electron chi connectivity index (χ0n) is 14.3. The van der Waals surface area contributed by atoms with E-state index in [0.717, 1.165) is 12.0 Å². The van der Waals surface area contributed by atoms with Crippen molar-refractivity contribution in [3.8, 4) is 0 Å². The molecule has 1 N–H and O–H groups in total. The molecule has 2 heterocycles. The van der Waals surface area contributed by atoms with Crippen LogP contribution in [0.15, 0.2) is 61.2 Å². The number of hydrogen-bond acceptors (Lipinski definition) is 5. The Hall–Kier alpha value is -3.35. The number of aromatic nitrogens is 3. The molecular weight excluding hydrogens is 333 g/mol. The molecule has 0 aliphatic heterocycles. The second-order valence-corrected chi connectivity index (χ2v) is 5.73. The summed E-state index contributed by atoms with van der Waals surface area (Å²) in [5, 5.41) is 2.79. The molecule has 3 rings (SSSR count). The average Bonchev–Trinajstić information content (AvgIpc) is 2.69. The lowest BCUT2D eigenvalue weighted by molar-refractivity contribution is 0.0796. The molecule has 1 aromatic carbocycles. The first-order valence-electron chi connectivity index (χ1n) is 8.11. The molecule has 0 unspecified atom stereocenters. The molecule has 0 spiro atoms.